The molecule has 2 aliphatic rings. The zero-order valence-electron chi connectivity index (χ0n) is 12.8. The topological polar surface area (TPSA) is 48.1 Å². The van der Waals surface area contributed by atoms with E-state index in [4.69, 9.17) is 5.26 Å². The monoisotopic (exact) mass is 311 g/mol. The van der Waals surface area contributed by atoms with Gasteiger partial charge in [0.05, 0.1) is 12.2 Å². The zero-order chi connectivity index (χ0) is 15.8. The number of halogens is 1. The number of anilines is 1. The summed E-state index contributed by atoms with van der Waals surface area (Å²) in [6, 6.07) is 11.2. The summed E-state index contributed by atoms with van der Waals surface area (Å²) in [7, 11) is 0. The van der Waals surface area contributed by atoms with Crippen molar-refractivity contribution < 1.29 is 4.39 Å². The maximum Gasteiger partial charge on any atom is 0.162 e. The van der Waals surface area contributed by atoms with E-state index >= 15 is 0 Å². The van der Waals surface area contributed by atoms with Gasteiger partial charge in [-0.25, -0.2) is 4.39 Å². The molecule has 5 nitrogen and oxygen atoms in total. The average Bonchev–Trinajstić information content (AvgIpc) is 3.21. The van der Waals surface area contributed by atoms with Crippen LogP contribution in [0.25, 0.3) is 0 Å². The highest BCUT2D eigenvalue weighted by molar-refractivity contribution is 5.47. The van der Waals surface area contributed by atoms with Crippen molar-refractivity contribution in [3.63, 3.8) is 0 Å². The lowest BCUT2D eigenvalue weighted by Gasteiger charge is -2.32. The number of hydrogen-bond donors (Lipinski definition) is 0. The second kappa shape index (κ2) is 5.67. The fraction of sp³-hybridized carbons (Fsp3) is 0.412. The first-order chi connectivity index (χ1) is 11.2. The quantitative estimate of drug-likeness (QED) is 0.851. The van der Waals surface area contributed by atoms with Crippen LogP contribution in [0.4, 0.5) is 10.1 Å². The maximum atomic E-state index is 13.1. The van der Waals surface area contributed by atoms with Crippen molar-refractivity contribution in [1.82, 2.24) is 14.7 Å². The summed E-state index contributed by atoms with van der Waals surface area (Å²) in [5.41, 5.74) is 2.71. The van der Waals surface area contributed by atoms with Gasteiger partial charge in [0.15, 0.2) is 5.69 Å². The number of fused-ring (bicyclic) bond motifs is 1. The zero-order valence-corrected chi connectivity index (χ0v) is 12.8. The Kier molecular flexibility index (Phi) is 3.50. The van der Waals surface area contributed by atoms with Crippen molar-refractivity contribution in [2.24, 2.45) is 0 Å². The lowest BCUT2D eigenvalue weighted by atomic mass is 10.2. The van der Waals surface area contributed by atoms with Gasteiger partial charge in [-0.05, 0) is 36.8 Å². The minimum Gasteiger partial charge on any atom is -0.370 e. The molecular weight excluding hydrogens is 293 g/mol. The van der Waals surface area contributed by atoms with Crippen LogP contribution < -0.4 is 4.90 Å². The Hall–Kier alpha value is -2.39. The molecule has 6 heteroatoms. The predicted octanol–water partition coefficient (Wildman–Crippen LogP) is 1.99. The highest BCUT2D eigenvalue weighted by atomic mass is 19.1. The molecule has 0 spiro atoms. The number of rotatable bonds is 2. The third-order valence-corrected chi connectivity index (χ3v) is 4.81. The molecule has 1 fully saturated rings. The molecule has 0 amide bonds. The van der Waals surface area contributed by atoms with Gasteiger partial charge in [-0.3, -0.25) is 9.58 Å². The maximum absolute atomic E-state index is 13.1. The van der Waals surface area contributed by atoms with Crippen LogP contribution in [0, 0.1) is 17.1 Å². The largest absolute Gasteiger partial charge is 0.370 e. The molecule has 0 radical (unpaired) electrons. The number of nitriles is 1. The molecule has 0 saturated carbocycles. The third-order valence-electron chi connectivity index (χ3n) is 4.81. The van der Waals surface area contributed by atoms with E-state index in [-0.39, 0.29) is 5.82 Å². The van der Waals surface area contributed by atoms with Crippen LogP contribution >= 0.6 is 0 Å². The van der Waals surface area contributed by atoms with Crippen LogP contribution in [0.15, 0.2) is 30.3 Å². The Bertz CT molecular complexity index is 745. The molecule has 23 heavy (non-hydrogen) atoms. The summed E-state index contributed by atoms with van der Waals surface area (Å²) in [6.07, 6.45) is 1.11. The van der Waals surface area contributed by atoms with Crippen molar-refractivity contribution >= 4 is 5.69 Å². The van der Waals surface area contributed by atoms with E-state index in [1.807, 2.05) is 22.9 Å². The highest BCUT2D eigenvalue weighted by Gasteiger charge is 2.30. The molecule has 3 heterocycles. The van der Waals surface area contributed by atoms with Crippen LogP contribution in [0.1, 0.15) is 17.8 Å². The van der Waals surface area contributed by atoms with Crippen molar-refractivity contribution in [2.45, 2.75) is 25.6 Å². The van der Waals surface area contributed by atoms with Gasteiger partial charge in [0, 0.05) is 37.9 Å². The molecule has 118 valence electrons. The van der Waals surface area contributed by atoms with Gasteiger partial charge in [-0.2, -0.15) is 10.4 Å². The van der Waals surface area contributed by atoms with Gasteiger partial charge >= 0.3 is 0 Å². The first-order valence-electron chi connectivity index (χ1n) is 7.94. The van der Waals surface area contributed by atoms with Crippen LogP contribution in [-0.2, 0) is 13.1 Å². The second-order valence-corrected chi connectivity index (χ2v) is 6.19. The first kappa shape index (κ1) is 14.2. The molecule has 4 rings (SSSR count). The molecule has 1 saturated heterocycles. The van der Waals surface area contributed by atoms with E-state index < -0.39 is 0 Å². The molecule has 1 aromatic heterocycles. The van der Waals surface area contributed by atoms with E-state index in [9.17, 15) is 4.39 Å². The Labute approximate surface area is 134 Å². The van der Waals surface area contributed by atoms with E-state index in [2.05, 4.69) is 21.0 Å². The summed E-state index contributed by atoms with van der Waals surface area (Å²) in [4.78, 5) is 4.79. The van der Waals surface area contributed by atoms with Gasteiger partial charge in [-0.1, -0.05) is 0 Å². The fourth-order valence-corrected chi connectivity index (χ4v) is 3.58. The molecule has 1 atom stereocenters. The molecule has 1 aromatic carbocycles. The lowest BCUT2D eigenvalue weighted by molar-refractivity contribution is 0.161. The average molecular weight is 311 g/mol. The first-order valence-corrected chi connectivity index (χ1v) is 7.94. The van der Waals surface area contributed by atoms with Crippen molar-refractivity contribution in [3.8, 4) is 6.07 Å². The summed E-state index contributed by atoms with van der Waals surface area (Å²) >= 11 is 0. The number of aromatic nitrogens is 2. The molecule has 0 bridgehead atoms. The Morgan fingerprint density at radius 2 is 2.00 bits per heavy atom. The Balaban J connectivity index is 1.44. The summed E-state index contributed by atoms with van der Waals surface area (Å²) in [5, 5.41) is 13.3. The molecule has 1 unspecified atom stereocenters. The van der Waals surface area contributed by atoms with Gasteiger partial charge in [0.25, 0.3) is 0 Å². The number of hydrogen-bond acceptors (Lipinski definition) is 4. The molecule has 2 aliphatic heterocycles. The summed E-state index contributed by atoms with van der Waals surface area (Å²) in [5.74, 6) is -0.193. The van der Waals surface area contributed by atoms with Gasteiger partial charge in [-0.15, -0.1) is 0 Å². The number of nitrogens with zero attached hydrogens (tertiary/aromatic N) is 5. The van der Waals surface area contributed by atoms with Crippen LogP contribution in [-0.4, -0.2) is 40.4 Å². The van der Waals surface area contributed by atoms with Gasteiger partial charge in [0.1, 0.15) is 11.9 Å². The number of benzene rings is 1. The standard InChI is InChI=1S/C17H18FN5/c18-13-1-3-15(4-2-13)21-6-5-16(11-21)22-7-8-23-17(12-22)9-14(10-19)20-23/h1-4,9,16H,5-8,11-12H2. The van der Waals surface area contributed by atoms with E-state index in [0.29, 0.717) is 11.7 Å². The minimum absolute atomic E-state index is 0.193. The van der Waals surface area contributed by atoms with Gasteiger partial charge in [0.2, 0.25) is 0 Å². The van der Waals surface area contributed by atoms with Crippen LogP contribution in [0.5, 0.6) is 0 Å². The van der Waals surface area contributed by atoms with Gasteiger partial charge < -0.3 is 4.90 Å². The fourth-order valence-electron chi connectivity index (χ4n) is 3.58. The summed E-state index contributed by atoms with van der Waals surface area (Å²) in [6.45, 7) is 4.60. The summed E-state index contributed by atoms with van der Waals surface area (Å²) < 4.78 is 15.0. The lowest BCUT2D eigenvalue weighted by Crippen LogP contribution is -2.42. The molecule has 2 aromatic rings. The Morgan fingerprint density at radius 3 is 2.78 bits per heavy atom. The van der Waals surface area contributed by atoms with E-state index in [0.717, 1.165) is 50.5 Å². The predicted molar refractivity (Wildman–Crippen MR) is 84.4 cm³/mol. The molecule has 0 aliphatic carbocycles. The van der Waals surface area contributed by atoms with Crippen molar-refractivity contribution in [2.75, 3.05) is 24.5 Å². The smallest absolute Gasteiger partial charge is 0.162 e. The van der Waals surface area contributed by atoms with Crippen molar-refractivity contribution in [1.29, 1.82) is 5.26 Å². The van der Waals surface area contributed by atoms with Crippen LogP contribution in [0.3, 0.4) is 0 Å². The normalized spacial score (nSPS) is 21.2. The molecular formula is C17H18FN5. The second-order valence-electron chi connectivity index (χ2n) is 6.19. The molecule has 0 N–H and O–H groups in total. The SMILES string of the molecule is N#Cc1cc2n(n1)CCN(C1CCN(c3ccc(F)cc3)C1)C2. The van der Waals surface area contributed by atoms with E-state index in [1.54, 1.807) is 0 Å². The minimum atomic E-state index is -0.193. The third kappa shape index (κ3) is 2.68. The Morgan fingerprint density at radius 1 is 1.17 bits per heavy atom. The van der Waals surface area contributed by atoms with Crippen LogP contribution in [0.2, 0.25) is 0 Å². The highest BCUT2D eigenvalue weighted by Crippen LogP contribution is 2.25. The van der Waals surface area contributed by atoms with E-state index in [1.165, 1.54) is 12.1 Å². The van der Waals surface area contributed by atoms with Crippen molar-refractivity contribution in [3.05, 3.63) is 47.5 Å².